The lowest BCUT2D eigenvalue weighted by Crippen LogP contribution is -2.24. The maximum Gasteiger partial charge on any atom is 0.126 e. The number of hydrogen-bond donors (Lipinski definition) is 1. The Morgan fingerprint density at radius 3 is 2.62 bits per heavy atom. The van der Waals surface area contributed by atoms with E-state index < -0.39 is 0 Å². The number of rotatable bonds is 5. The van der Waals surface area contributed by atoms with Crippen LogP contribution in [0.1, 0.15) is 37.8 Å². The first-order chi connectivity index (χ1) is 7.56. The van der Waals surface area contributed by atoms with Gasteiger partial charge in [0, 0.05) is 0 Å². The van der Waals surface area contributed by atoms with Gasteiger partial charge in [0.25, 0.3) is 0 Å². The molecular formula is C14H22FN. The van der Waals surface area contributed by atoms with E-state index in [0.717, 1.165) is 24.2 Å². The minimum Gasteiger partial charge on any atom is -0.317 e. The van der Waals surface area contributed by atoms with E-state index in [4.69, 9.17) is 0 Å². The first kappa shape index (κ1) is 13.2. The third-order valence-electron chi connectivity index (χ3n) is 3.21. The molecule has 16 heavy (non-hydrogen) atoms. The summed E-state index contributed by atoms with van der Waals surface area (Å²) in [5, 5.41) is 3.31. The van der Waals surface area contributed by atoms with Crippen LogP contribution in [0.2, 0.25) is 0 Å². The van der Waals surface area contributed by atoms with Crippen LogP contribution >= 0.6 is 0 Å². The molecule has 1 aromatic carbocycles. The molecule has 0 spiro atoms. The molecule has 2 unspecified atom stereocenters. The molecule has 90 valence electrons. The van der Waals surface area contributed by atoms with E-state index in [1.165, 1.54) is 0 Å². The van der Waals surface area contributed by atoms with Gasteiger partial charge >= 0.3 is 0 Å². The van der Waals surface area contributed by atoms with E-state index in [0.29, 0.717) is 5.92 Å². The molecule has 0 fully saturated rings. The van der Waals surface area contributed by atoms with E-state index in [9.17, 15) is 4.39 Å². The second-order valence-corrected chi connectivity index (χ2v) is 4.60. The predicted molar refractivity (Wildman–Crippen MR) is 67.3 cm³/mol. The van der Waals surface area contributed by atoms with Crippen molar-refractivity contribution in [3.63, 3.8) is 0 Å². The van der Waals surface area contributed by atoms with Crippen LogP contribution in [0.25, 0.3) is 0 Å². The average Bonchev–Trinajstić information content (AvgIpc) is 2.28. The van der Waals surface area contributed by atoms with Crippen molar-refractivity contribution in [3.8, 4) is 0 Å². The molecule has 0 saturated carbocycles. The maximum atomic E-state index is 13.7. The van der Waals surface area contributed by atoms with Crippen molar-refractivity contribution in [2.24, 2.45) is 5.92 Å². The highest BCUT2D eigenvalue weighted by Crippen LogP contribution is 2.26. The first-order valence-electron chi connectivity index (χ1n) is 6.03. The highest BCUT2D eigenvalue weighted by atomic mass is 19.1. The van der Waals surface area contributed by atoms with Crippen LogP contribution in [-0.2, 0) is 0 Å². The molecule has 1 nitrogen and oxygen atoms in total. The zero-order valence-electron chi connectivity index (χ0n) is 10.7. The molecule has 0 aliphatic heterocycles. The summed E-state index contributed by atoms with van der Waals surface area (Å²) in [5.41, 5.74) is 1.96. The molecule has 2 atom stereocenters. The lowest BCUT2D eigenvalue weighted by Gasteiger charge is -2.21. The van der Waals surface area contributed by atoms with Crippen LogP contribution < -0.4 is 5.32 Å². The van der Waals surface area contributed by atoms with E-state index >= 15 is 0 Å². The lowest BCUT2D eigenvalue weighted by atomic mass is 9.88. The van der Waals surface area contributed by atoms with E-state index in [1.54, 1.807) is 6.07 Å². The predicted octanol–water partition coefficient (Wildman–Crippen LogP) is 3.48. The Morgan fingerprint density at radius 1 is 1.31 bits per heavy atom. The minimum absolute atomic E-state index is 0.0820. The molecule has 2 heteroatoms. The van der Waals surface area contributed by atoms with Gasteiger partial charge in [-0.1, -0.05) is 38.5 Å². The molecule has 0 saturated heterocycles. The molecule has 0 aliphatic rings. The molecule has 0 aliphatic carbocycles. The largest absolute Gasteiger partial charge is 0.317 e. The lowest BCUT2D eigenvalue weighted by molar-refractivity contribution is 0.439. The summed E-state index contributed by atoms with van der Waals surface area (Å²) in [6, 6.07) is 5.35. The zero-order valence-corrected chi connectivity index (χ0v) is 10.7. The van der Waals surface area contributed by atoms with Gasteiger partial charge in [0.15, 0.2) is 0 Å². The van der Waals surface area contributed by atoms with Crippen molar-refractivity contribution in [3.05, 3.63) is 35.1 Å². The van der Waals surface area contributed by atoms with E-state index in [-0.39, 0.29) is 11.7 Å². The monoisotopic (exact) mass is 223 g/mol. The molecule has 0 aromatic heterocycles. The van der Waals surface area contributed by atoms with E-state index in [2.05, 4.69) is 26.1 Å². The van der Waals surface area contributed by atoms with Gasteiger partial charge in [-0.05, 0) is 43.5 Å². The fourth-order valence-corrected chi connectivity index (χ4v) is 1.87. The topological polar surface area (TPSA) is 12.0 Å². The summed E-state index contributed by atoms with van der Waals surface area (Å²) in [6.45, 7) is 10.3. The van der Waals surface area contributed by atoms with Gasteiger partial charge in [0.05, 0.1) is 0 Å². The highest BCUT2D eigenvalue weighted by Gasteiger charge is 2.17. The average molecular weight is 223 g/mol. The second-order valence-electron chi connectivity index (χ2n) is 4.60. The Bertz CT molecular complexity index is 336. The van der Waals surface area contributed by atoms with Crippen LogP contribution in [0.4, 0.5) is 4.39 Å². The molecule has 0 bridgehead atoms. The van der Waals surface area contributed by atoms with Crippen LogP contribution in [0, 0.1) is 18.7 Å². The summed E-state index contributed by atoms with van der Waals surface area (Å²) in [7, 11) is 0. The smallest absolute Gasteiger partial charge is 0.126 e. The number of hydrogen-bond acceptors (Lipinski definition) is 1. The van der Waals surface area contributed by atoms with Crippen molar-refractivity contribution in [1.29, 1.82) is 0 Å². The van der Waals surface area contributed by atoms with Crippen LogP contribution in [0.15, 0.2) is 18.2 Å². The van der Waals surface area contributed by atoms with Gasteiger partial charge in [-0.25, -0.2) is 4.39 Å². The van der Waals surface area contributed by atoms with Crippen LogP contribution in [0.3, 0.4) is 0 Å². The Hall–Kier alpha value is -0.890. The molecule has 0 radical (unpaired) electrons. The molecule has 1 rings (SSSR count). The number of aryl methyl sites for hydroxylation is 1. The van der Waals surface area contributed by atoms with Gasteiger partial charge in [-0.3, -0.25) is 0 Å². The second kappa shape index (κ2) is 6.00. The van der Waals surface area contributed by atoms with Crippen molar-refractivity contribution in [2.45, 2.75) is 33.6 Å². The van der Waals surface area contributed by atoms with Crippen molar-refractivity contribution in [1.82, 2.24) is 5.32 Å². The Labute approximate surface area is 98.1 Å². The standard InChI is InChI=1S/C14H22FN/c1-5-16-9-11(3)12(4)13-8-10(2)6-7-14(13)15/h6-8,11-12,16H,5,9H2,1-4H3. The van der Waals surface area contributed by atoms with Gasteiger partial charge in [-0.2, -0.15) is 0 Å². The van der Waals surface area contributed by atoms with Gasteiger partial charge in [0.1, 0.15) is 5.82 Å². The summed E-state index contributed by atoms with van der Waals surface area (Å²) < 4.78 is 13.7. The Balaban J connectivity index is 2.78. The van der Waals surface area contributed by atoms with Crippen LogP contribution in [-0.4, -0.2) is 13.1 Å². The zero-order chi connectivity index (χ0) is 12.1. The van der Waals surface area contributed by atoms with Crippen molar-refractivity contribution < 1.29 is 4.39 Å². The van der Waals surface area contributed by atoms with Crippen LogP contribution in [0.5, 0.6) is 0 Å². The highest BCUT2D eigenvalue weighted by molar-refractivity contribution is 5.27. The van der Waals surface area contributed by atoms with Gasteiger partial charge < -0.3 is 5.32 Å². The molecule has 1 aromatic rings. The quantitative estimate of drug-likeness (QED) is 0.805. The summed E-state index contributed by atoms with van der Waals surface area (Å²) >= 11 is 0. The molecule has 0 heterocycles. The minimum atomic E-state index is -0.0820. The summed E-state index contributed by atoms with van der Waals surface area (Å²) in [5.74, 6) is 0.608. The van der Waals surface area contributed by atoms with Gasteiger partial charge in [-0.15, -0.1) is 0 Å². The van der Waals surface area contributed by atoms with Gasteiger partial charge in [0.2, 0.25) is 0 Å². The first-order valence-corrected chi connectivity index (χ1v) is 6.03. The van der Waals surface area contributed by atoms with Crippen molar-refractivity contribution >= 4 is 0 Å². The maximum absolute atomic E-state index is 13.7. The normalized spacial score (nSPS) is 14.8. The summed E-state index contributed by atoms with van der Waals surface area (Å²) in [4.78, 5) is 0. The molecule has 0 amide bonds. The fraction of sp³-hybridized carbons (Fsp3) is 0.571. The fourth-order valence-electron chi connectivity index (χ4n) is 1.87. The van der Waals surface area contributed by atoms with Crippen molar-refractivity contribution in [2.75, 3.05) is 13.1 Å². The number of benzene rings is 1. The Kier molecular flexibility index (Phi) is 4.94. The molecule has 1 N–H and O–H groups in total. The number of nitrogens with one attached hydrogen (secondary N) is 1. The SMILES string of the molecule is CCNCC(C)C(C)c1cc(C)ccc1F. The van der Waals surface area contributed by atoms with E-state index in [1.807, 2.05) is 19.1 Å². The third-order valence-corrected chi connectivity index (χ3v) is 3.21. The Morgan fingerprint density at radius 2 is 2.00 bits per heavy atom. The third kappa shape index (κ3) is 3.31. The summed E-state index contributed by atoms with van der Waals surface area (Å²) in [6.07, 6.45) is 0. The number of halogens is 1. The molecular weight excluding hydrogens is 201 g/mol.